The average molecular weight is 230 g/mol. The van der Waals surface area contributed by atoms with E-state index >= 15 is 0 Å². The SMILES string of the molecule is CN(C)CC(=O)Cc1c(F)cccc1Cl. The molecule has 1 aromatic rings. The van der Waals surface area contributed by atoms with E-state index in [0.717, 1.165) is 0 Å². The Kier molecular flexibility index (Phi) is 4.24. The van der Waals surface area contributed by atoms with E-state index in [0.29, 0.717) is 11.6 Å². The number of Topliss-reactive ketones (excluding diaryl/α,β-unsaturated/α-hetero) is 1. The van der Waals surface area contributed by atoms with Crippen LogP contribution in [0.4, 0.5) is 4.39 Å². The van der Waals surface area contributed by atoms with Gasteiger partial charge in [0.2, 0.25) is 0 Å². The largest absolute Gasteiger partial charge is 0.302 e. The first-order valence-electron chi connectivity index (χ1n) is 4.60. The molecule has 0 spiro atoms. The van der Waals surface area contributed by atoms with Crippen molar-refractivity contribution >= 4 is 17.4 Å². The van der Waals surface area contributed by atoms with Gasteiger partial charge in [0.1, 0.15) is 5.82 Å². The Morgan fingerprint density at radius 1 is 1.47 bits per heavy atom. The second-order valence-corrected chi connectivity index (χ2v) is 4.06. The van der Waals surface area contributed by atoms with Crippen LogP contribution in [0, 0.1) is 5.82 Å². The zero-order chi connectivity index (χ0) is 11.4. The van der Waals surface area contributed by atoms with Gasteiger partial charge >= 0.3 is 0 Å². The van der Waals surface area contributed by atoms with E-state index in [-0.39, 0.29) is 17.8 Å². The molecule has 0 N–H and O–H groups in total. The number of halogens is 2. The summed E-state index contributed by atoms with van der Waals surface area (Å²) < 4.78 is 13.3. The highest BCUT2D eigenvalue weighted by atomic mass is 35.5. The van der Waals surface area contributed by atoms with Crippen LogP contribution in [0.3, 0.4) is 0 Å². The number of carbonyl (C=O) groups excluding carboxylic acids is 1. The minimum absolute atomic E-state index is 0.0453. The molecule has 15 heavy (non-hydrogen) atoms. The standard InChI is InChI=1S/C11H13ClFNO/c1-14(2)7-8(15)6-9-10(12)4-3-5-11(9)13/h3-5H,6-7H2,1-2H3. The van der Waals surface area contributed by atoms with Gasteiger partial charge in [0.15, 0.2) is 5.78 Å². The third-order valence-electron chi connectivity index (χ3n) is 1.93. The van der Waals surface area contributed by atoms with Gasteiger partial charge in [0.05, 0.1) is 6.54 Å². The van der Waals surface area contributed by atoms with Crippen LogP contribution in [0.1, 0.15) is 5.56 Å². The second-order valence-electron chi connectivity index (χ2n) is 3.65. The molecule has 1 rings (SSSR count). The molecule has 0 aliphatic heterocycles. The number of rotatable bonds is 4. The zero-order valence-corrected chi connectivity index (χ0v) is 9.51. The summed E-state index contributed by atoms with van der Waals surface area (Å²) in [7, 11) is 3.59. The third kappa shape index (κ3) is 3.61. The molecular formula is C11H13ClFNO. The summed E-state index contributed by atoms with van der Waals surface area (Å²) in [5, 5.41) is 0.308. The molecular weight excluding hydrogens is 217 g/mol. The predicted octanol–water partition coefficient (Wildman–Crippen LogP) is 2.15. The van der Waals surface area contributed by atoms with Crippen LogP contribution in [0.5, 0.6) is 0 Å². The summed E-state index contributed by atoms with van der Waals surface area (Å²) in [5.41, 5.74) is 0.283. The summed E-state index contributed by atoms with van der Waals surface area (Å²) in [5.74, 6) is -0.471. The molecule has 1 aromatic carbocycles. The summed E-state index contributed by atoms with van der Waals surface area (Å²) in [6, 6.07) is 4.42. The highest BCUT2D eigenvalue weighted by molar-refractivity contribution is 6.31. The molecule has 4 heteroatoms. The molecule has 0 aromatic heterocycles. The van der Waals surface area contributed by atoms with E-state index in [4.69, 9.17) is 11.6 Å². The van der Waals surface area contributed by atoms with E-state index in [9.17, 15) is 9.18 Å². The van der Waals surface area contributed by atoms with Crippen LogP contribution in [-0.4, -0.2) is 31.3 Å². The molecule has 0 atom stereocenters. The Bertz CT molecular complexity index is 345. The zero-order valence-electron chi connectivity index (χ0n) is 8.76. The van der Waals surface area contributed by atoms with Crippen LogP contribution in [0.25, 0.3) is 0 Å². The van der Waals surface area contributed by atoms with Gasteiger partial charge in [-0.2, -0.15) is 0 Å². The maximum Gasteiger partial charge on any atom is 0.151 e. The van der Waals surface area contributed by atoms with E-state index in [1.54, 1.807) is 25.1 Å². The molecule has 2 nitrogen and oxygen atoms in total. The first-order chi connectivity index (χ1) is 7.00. The van der Waals surface area contributed by atoms with Crippen molar-refractivity contribution in [1.82, 2.24) is 4.90 Å². The molecule has 0 saturated heterocycles. The van der Waals surface area contributed by atoms with Crippen LogP contribution in [0.15, 0.2) is 18.2 Å². The Balaban J connectivity index is 2.76. The number of nitrogens with zero attached hydrogens (tertiary/aromatic N) is 1. The Hall–Kier alpha value is -0.930. The normalized spacial score (nSPS) is 10.7. The third-order valence-corrected chi connectivity index (χ3v) is 2.28. The number of carbonyl (C=O) groups is 1. The Labute approximate surface area is 93.6 Å². The Morgan fingerprint density at radius 2 is 2.13 bits per heavy atom. The number of benzene rings is 1. The van der Waals surface area contributed by atoms with Gasteiger partial charge in [-0.1, -0.05) is 17.7 Å². The van der Waals surface area contributed by atoms with Crippen molar-refractivity contribution in [3.05, 3.63) is 34.6 Å². The van der Waals surface area contributed by atoms with Crippen molar-refractivity contribution in [2.75, 3.05) is 20.6 Å². The fourth-order valence-corrected chi connectivity index (χ4v) is 1.54. The molecule has 0 amide bonds. The lowest BCUT2D eigenvalue weighted by atomic mass is 10.1. The van der Waals surface area contributed by atoms with Crippen molar-refractivity contribution in [2.24, 2.45) is 0 Å². The van der Waals surface area contributed by atoms with E-state index in [1.165, 1.54) is 12.1 Å². The fraction of sp³-hybridized carbons (Fsp3) is 0.364. The monoisotopic (exact) mass is 229 g/mol. The lowest BCUT2D eigenvalue weighted by Gasteiger charge is -2.09. The number of hydrogen-bond acceptors (Lipinski definition) is 2. The average Bonchev–Trinajstić information content (AvgIpc) is 2.10. The molecule has 82 valence electrons. The van der Waals surface area contributed by atoms with Gasteiger partial charge < -0.3 is 4.90 Å². The smallest absolute Gasteiger partial charge is 0.151 e. The topological polar surface area (TPSA) is 20.3 Å². The van der Waals surface area contributed by atoms with E-state index in [2.05, 4.69) is 0 Å². The molecule has 0 heterocycles. The first-order valence-corrected chi connectivity index (χ1v) is 4.98. The molecule has 0 unspecified atom stereocenters. The van der Waals surface area contributed by atoms with Crippen molar-refractivity contribution in [2.45, 2.75) is 6.42 Å². The highest BCUT2D eigenvalue weighted by Gasteiger charge is 2.12. The lowest BCUT2D eigenvalue weighted by Crippen LogP contribution is -2.23. The molecule has 0 aliphatic rings. The summed E-state index contributed by atoms with van der Waals surface area (Å²) in [6.45, 7) is 0.296. The van der Waals surface area contributed by atoms with Gasteiger partial charge in [-0.25, -0.2) is 4.39 Å². The van der Waals surface area contributed by atoms with Gasteiger partial charge in [-0.05, 0) is 26.2 Å². The molecule has 0 fully saturated rings. The van der Waals surface area contributed by atoms with Gasteiger partial charge in [0, 0.05) is 17.0 Å². The number of likely N-dealkylation sites (N-methyl/N-ethyl adjacent to an activating group) is 1. The van der Waals surface area contributed by atoms with Crippen molar-refractivity contribution in [3.63, 3.8) is 0 Å². The van der Waals surface area contributed by atoms with E-state index < -0.39 is 5.82 Å². The summed E-state index contributed by atoms with van der Waals surface area (Å²) >= 11 is 5.80. The lowest BCUT2D eigenvalue weighted by molar-refractivity contribution is -0.119. The maximum absolute atomic E-state index is 13.3. The minimum Gasteiger partial charge on any atom is -0.302 e. The van der Waals surface area contributed by atoms with Gasteiger partial charge in [-0.15, -0.1) is 0 Å². The maximum atomic E-state index is 13.3. The summed E-state index contributed by atoms with van der Waals surface area (Å²) in [6.07, 6.45) is 0.0453. The van der Waals surface area contributed by atoms with Crippen molar-refractivity contribution in [1.29, 1.82) is 0 Å². The Morgan fingerprint density at radius 3 is 2.67 bits per heavy atom. The molecule has 0 bridgehead atoms. The number of ketones is 1. The molecule has 0 aliphatic carbocycles. The van der Waals surface area contributed by atoms with Gasteiger partial charge in [-0.3, -0.25) is 4.79 Å². The van der Waals surface area contributed by atoms with E-state index in [1.807, 2.05) is 0 Å². The summed E-state index contributed by atoms with van der Waals surface area (Å²) in [4.78, 5) is 13.2. The predicted molar refractivity (Wildman–Crippen MR) is 58.7 cm³/mol. The quantitative estimate of drug-likeness (QED) is 0.789. The van der Waals surface area contributed by atoms with Crippen LogP contribution >= 0.6 is 11.6 Å². The van der Waals surface area contributed by atoms with Crippen LogP contribution in [-0.2, 0) is 11.2 Å². The fourth-order valence-electron chi connectivity index (χ4n) is 1.31. The molecule has 0 saturated carbocycles. The van der Waals surface area contributed by atoms with Crippen LogP contribution < -0.4 is 0 Å². The highest BCUT2D eigenvalue weighted by Crippen LogP contribution is 2.19. The van der Waals surface area contributed by atoms with Crippen molar-refractivity contribution in [3.8, 4) is 0 Å². The first kappa shape index (κ1) is 12.1. The second kappa shape index (κ2) is 5.24. The molecule has 0 radical (unpaired) electrons. The number of hydrogen-bond donors (Lipinski definition) is 0. The van der Waals surface area contributed by atoms with Crippen molar-refractivity contribution < 1.29 is 9.18 Å². The van der Waals surface area contributed by atoms with Crippen LogP contribution in [0.2, 0.25) is 5.02 Å². The minimum atomic E-state index is -0.422. The van der Waals surface area contributed by atoms with Gasteiger partial charge in [0.25, 0.3) is 0 Å².